The quantitative estimate of drug-likeness (QED) is 0.578. The summed E-state index contributed by atoms with van der Waals surface area (Å²) >= 11 is 6.29. The van der Waals surface area contributed by atoms with Gasteiger partial charge in [-0.2, -0.15) is 0 Å². The minimum absolute atomic E-state index is 0.335. The summed E-state index contributed by atoms with van der Waals surface area (Å²) in [5.41, 5.74) is 6.25. The number of ether oxygens (including phenoxy) is 2. The van der Waals surface area contributed by atoms with Crippen LogP contribution in [0.1, 0.15) is 35.4 Å². The molecule has 2 aromatic carbocycles. The molecule has 1 aromatic heterocycles. The minimum Gasteiger partial charge on any atom is -0.454 e. The summed E-state index contributed by atoms with van der Waals surface area (Å²) in [4.78, 5) is 4.18. The fourth-order valence-electron chi connectivity index (χ4n) is 4.20. The van der Waals surface area contributed by atoms with Crippen molar-refractivity contribution in [1.82, 2.24) is 4.98 Å². The van der Waals surface area contributed by atoms with Gasteiger partial charge in [0.2, 0.25) is 6.79 Å². The van der Waals surface area contributed by atoms with Gasteiger partial charge >= 0.3 is 0 Å². The highest BCUT2D eigenvalue weighted by atomic mass is 35.5. The van der Waals surface area contributed by atoms with Gasteiger partial charge in [0.15, 0.2) is 11.5 Å². The van der Waals surface area contributed by atoms with E-state index in [1.165, 1.54) is 29.5 Å². The topological polar surface area (TPSA) is 31.4 Å². The number of aromatic nitrogens is 1. The third kappa shape index (κ3) is 3.17. The van der Waals surface area contributed by atoms with Crippen molar-refractivity contribution in [3.63, 3.8) is 0 Å². The molecule has 0 amide bonds. The number of aryl methyl sites for hydroxylation is 1. The van der Waals surface area contributed by atoms with Gasteiger partial charge in [-0.15, -0.1) is 0 Å². The first-order valence-electron chi connectivity index (χ1n) is 9.39. The molecule has 1 aliphatic carbocycles. The molecule has 0 fully saturated rings. The van der Waals surface area contributed by atoms with Gasteiger partial charge in [-0.1, -0.05) is 35.9 Å². The number of fused-ring (bicyclic) bond motifs is 2. The maximum Gasteiger partial charge on any atom is 0.231 e. The lowest BCUT2D eigenvalue weighted by Gasteiger charge is -2.26. The van der Waals surface area contributed by atoms with Crippen LogP contribution in [0.2, 0.25) is 5.02 Å². The van der Waals surface area contributed by atoms with Crippen molar-refractivity contribution in [2.75, 3.05) is 6.79 Å². The van der Waals surface area contributed by atoms with Crippen molar-refractivity contribution < 1.29 is 9.47 Å². The molecule has 0 N–H and O–H groups in total. The largest absolute Gasteiger partial charge is 0.454 e. The number of hydrogen-bond acceptors (Lipinski definition) is 3. The summed E-state index contributed by atoms with van der Waals surface area (Å²) in [6, 6.07) is 14.9. The Morgan fingerprint density at radius 1 is 1.04 bits per heavy atom. The Bertz CT molecular complexity index is 984. The molecule has 1 atom stereocenters. The van der Waals surface area contributed by atoms with Crippen LogP contribution in [0.3, 0.4) is 0 Å². The van der Waals surface area contributed by atoms with Gasteiger partial charge in [0.05, 0.1) is 5.02 Å². The predicted octanol–water partition coefficient (Wildman–Crippen LogP) is 5.79. The van der Waals surface area contributed by atoms with Crippen LogP contribution in [0.15, 0.2) is 54.9 Å². The van der Waals surface area contributed by atoms with Gasteiger partial charge in [0, 0.05) is 18.0 Å². The number of hydrogen-bond donors (Lipinski definition) is 0. The highest BCUT2D eigenvalue weighted by molar-refractivity contribution is 6.33. The lowest BCUT2D eigenvalue weighted by atomic mass is 9.79. The zero-order valence-electron chi connectivity index (χ0n) is 15.0. The summed E-state index contributed by atoms with van der Waals surface area (Å²) < 4.78 is 11.1. The zero-order chi connectivity index (χ0) is 18.2. The molecule has 2 aliphatic rings. The Morgan fingerprint density at radius 2 is 1.85 bits per heavy atom. The second-order valence-electron chi connectivity index (χ2n) is 7.25. The van der Waals surface area contributed by atoms with Crippen molar-refractivity contribution in [3.8, 4) is 22.6 Å². The van der Waals surface area contributed by atoms with Gasteiger partial charge in [-0.05, 0) is 72.1 Å². The van der Waals surface area contributed by atoms with Crippen LogP contribution in [-0.2, 0) is 12.8 Å². The van der Waals surface area contributed by atoms with E-state index in [1.54, 1.807) is 6.20 Å². The summed E-state index contributed by atoms with van der Waals surface area (Å²) in [6.07, 6.45) is 8.13. The van der Waals surface area contributed by atoms with E-state index in [-0.39, 0.29) is 0 Å². The molecular formula is C23H20ClNO2. The van der Waals surface area contributed by atoms with Crippen LogP contribution >= 0.6 is 11.6 Å². The van der Waals surface area contributed by atoms with Crippen molar-refractivity contribution in [1.29, 1.82) is 0 Å². The fourth-order valence-corrected chi connectivity index (χ4v) is 4.41. The number of nitrogens with zero attached hydrogens (tertiary/aromatic N) is 1. The molecule has 5 rings (SSSR count). The molecule has 0 bridgehead atoms. The van der Waals surface area contributed by atoms with Crippen LogP contribution in [0.5, 0.6) is 11.5 Å². The minimum atomic E-state index is 0.335. The molecular weight excluding hydrogens is 358 g/mol. The van der Waals surface area contributed by atoms with Crippen LogP contribution in [-0.4, -0.2) is 11.8 Å². The van der Waals surface area contributed by atoms with Gasteiger partial charge < -0.3 is 9.47 Å². The van der Waals surface area contributed by atoms with Crippen molar-refractivity contribution >= 4 is 11.6 Å². The molecule has 2 heterocycles. The number of halogens is 1. The molecule has 1 aliphatic heterocycles. The van der Waals surface area contributed by atoms with E-state index in [1.807, 2.05) is 12.3 Å². The van der Waals surface area contributed by atoms with E-state index in [0.717, 1.165) is 40.5 Å². The Morgan fingerprint density at radius 3 is 2.67 bits per heavy atom. The number of benzene rings is 2. The Labute approximate surface area is 163 Å². The van der Waals surface area contributed by atoms with Crippen molar-refractivity contribution in [3.05, 3.63) is 76.6 Å². The third-order valence-corrected chi connectivity index (χ3v) is 5.92. The van der Waals surface area contributed by atoms with E-state index in [9.17, 15) is 0 Å². The molecule has 3 aromatic rings. The monoisotopic (exact) mass is 377 g/mol. The molecule has 0 radical (unpaired) electrons. The van der Waals surface area contributed by atoms with Gasteiger partial charge in [-0.3, -0.25) is 4.98 Å². The molecule has 4 heteroatoms. The molecule has 0 saturated heterocycles. The lowest BCUT2D eigenvalue weighted by Crippen LogP contribution is -2.12. The van der Waals surface area contributed by atoms with E-state index in [2.05, 4.69) is 41.4 Å². The first-order chi connectivity index (χ1) is 13.3. The standard InChI is InChI=1S/C23H20ClNO2/c24-21-8-9-25-13-20(21)16-6-4-15(5-7-16)10-17-2-1-3-18-11-22-23(12-19(17)18)27-14-26-22/h4-9,11-13,17H,1-3,10,14H2. The second kappa shape index (κ2) is 6.90. The molecule has 27 heavy (non-hydrogen) atoms. The highest BCUT2D eigenvalue weighted by Crippen LogP contribution is 2.42. The molecule has 1 unspecified atom stereocenters. The predicted molar refractivity (Wildman–Crippen MR) is 107 cm³/mol. The van der Waals surface area contributed by atoms with E-state index >= 15 is 0 Å². The van der Waals surface area contributed by atoms with E-state index in [4.69, 9.17) is 21.1 Å². The number of pyridine rings is 1. The van der Waals surface area contributed by atoms with Crippen LogP contribution in [0.4, 0.5) is 0 Å². The van der Waals surface area contributed by atoms with E-state index < -0.39 is 0 Å². The van der Waals surface area contributed by atoms with Crippen LogP contribution in [0, 0.1) is 0 Å². The Kier molecular flexibility index (Phi) is 4.25. The van der Waals surface area contributed by atoms with Crippen LogP contribution < -0.4 is 9.47 Å². The second-order valence-corrected chi connectivity index (χ2v) is 7.66. The zero-order valence-corrected chi connectivity index (χ0v) is 15.7. The summed E-state index contributed by atoms with van der Waals surface area (Å²) in [5.74, 6) is 2.31. The fraction of sp³-hybridized carbons (Fsp3) is 0.261. The number of rotatable bonds is 3. The Hall–Kier alpha value is -2.52. The lowest BCUT2D eigenvalue weighted by molar-refractivity contribution is 0.174. The Balaban J connectivity index is 1.40. The molecule has 136 valence electrons. The summed E-state index contributed by atoms with van der Waals surface area (Å²) in [6.45, 7) is 0.335. The SMILES string of the molecule is Clc1ccncc1-c1ccc(CC2CCCc3cc4c(cc32)OCO4)cc1. The van der Waals surface area contributed by atoms with Crippen LogP contribution in [0.25, 0.3) is 11.1 Å². The molecule has 0 spiro atoms. The maximum atomic E-state index is 6.29. The third-order valence-electron chi connectivity index (χ3n) is 5.59. The van der Waals surface area contributed by atoms with Crippen molar-refractivity contribution in [2.24, 2.45) is 0 Å². The van der Waals surface area contributed by atoms with Crippen molar-refractivity contribution in [2.45, 2.75) is 31.6 Å². The van der Waals surface area contributed by atoms with Gasteiger partial charge in [0.1, 0.15) is 0 Å². The average molecular weight is 378 g/mol. The van der Waals surface area contributed by atoms with E-state index in [0.29, 0.717) is 12.7 Å². The van der Waals surface area contributed by atoms with Gasteiger partial charge in [-0.25, -0.2) is 0 Å². The normalized spacial score (nSPS) is 17.6. The summed E-state index contributed by atoms with van der Waals surface area (Å²) in [5, 5.41) is 0.732. The molecule has 3 nitrogen and oxygen atoms in total. The van der Waals surface area contributed by atoms with Gasteiger partial charge in [0.25, 0.3) is 0 Å². The highest BCUT2D eigenvalue weighted by Gasteiger charge is 2.25. The first kappa shape index (κ1) is 16.6. The average Bonchev–Trinajstić information content (AvgIpc) is 3.15. The smallest absolute Gasteiger partial charge is 0.231 e. The first-order valence-corrected chi connectivity index (χ1v) is 9.77. The summed E-state index contributed by atoms with van der Waals surface area (Å²) in [7, 11) is 0. The maximum absolute atomic E-state index is 6.29. The molecule has 0 saturated carbocycles.